The predicted octanol–water partition coefficient (Wildman–Crippen LogP) is 2.75. The first-order valence-corrected chi connectivity index (χ1v) is 8.22. The molecule has 0 saturated carbocycles. The third-order valence-corrected chi connectivity index (χ3v) is 3.65. The fourth-order valence-corrected chi connectivity index (χ4v) is 2.23. The molecule has 0 spiro atoms. The van der Waals surface area contributed by atoms with Crippen molar-refractivity contribution in [3.63, 3.8) is 0 Å². The average molecular weight is 344 g/mol. The molecule has 0 bridgehead atoms. The number of hydrogen-bond donors (Lipinski definition) is 3. The molecule has 134 valence electrons. The van der Waals surface area contributed by atoms with Crippen molar-refractivity contribution >= 4 is 11.6 Å². The van der Waals surface area contributed by atoms with Gasteiger partial charge < -0.3 is 20.7 Å². The largest absolute Gasteiger partial charge is 0.383 e. The first-order chi connectivity index (χ1) is 12.2. The molecule has 2 aromatic rings. The third kappa shape index (κ3) is 6.81. The van der Waals surface area contributed by atoms with Crippen LogP contribution in [0.25, 0.3) is 0 Å². The molecule has 0 aliphatic rings. The Morgan fingerprint density at radius 1 is 0.960 bits per heavy atom. The Kier molecular flexibility index (Phi) is 7.72. The molecule has 3 N–H and O–H groups in total. The van der Waals surface area contributed by atoms with Crippen molar-refractivity contribution in [3.05, 3.63) is 65.5 Å². The van der Waals surface area contributed by atoms with Crippen molar-refractivity contribution in [2.75, 3.05) is 32.6 Å². The quantitative estimate of drug-likeness (QED) is 0.392. The van der Waals surface area contributed by atoms with Crippen LogP contribution in [0.4, 0.5) is 10.1 Å². The topological polar surface area (TPSA) is 57.7 Å². The van der Waals surface area contributed by atoms with Gasteiger partial charge in [0.1, 0.15) is 5.82 Å². The highest BCUT2D eigenvalue weighted by atomic mass is 19.1. The number of benzene rings is 2. The molecule has 0 saturated heterocycles. The molecule has 0 fully saturated rings. The van der Waals surface area contributed by atoms with Crippen LogP contribution in [0.15, 0.2) is 53.5 Å². The number of methoxy groups -OCH3 is 1. The van der Waals surface area contributed by atoms with Gasteiger partial charge in [-0.3, -0.25) is 4.99 Å². The van der Waals surface area contributed by atoms with E-state index >= 15 is 0 Å². The maximum Gasteiger partial charge on any atom is 0.191 e. The summed E-state index contributed by atoms with van der Waals surface area (Å²) >= 11 is 0. The fourth-order valence-electron chi connectivity index (χ4n) is 2.23. The van der Waals surface area contributed by atoms with E-state index in [0.717, 1.165) is 23.4 Å². The summed E-state index contributed by atoms with van der Waals surface area (Å²) < 4.78 is 17.9. The summed E-state index contributed by atoms with van der Waals surface area (Å²) in [4.78, 5) is 4.20. The van der Waals surface area contributed by atoms with Gasteiger partial charge in [-0.2, -0.15) is 0 Å². The van der Waals surface area contributed by atoms with Gasteiger partial charge in [0, 0.05) is 39.5 Å². The van der Waals surface area contributed by atoms with Crippen LogP contribution in [0, 0.1) is 5.82 Å². The Hall–Kier alpha value is -2.60. The van der Waals surface area contributed by atoms with Gasteiger partial charge in [0.2, 0.25) is 0 Å². The summed E-state index contributed by atoms with van der Waals surface area (Å²) in [5.41, 5.74) is 3.22. The Labute approximate surface area is 148 Å². The van der Waals surface area contributed by atoms with Gasteiger partial charge in [-0.25, -0.2) is 4.39 Å². The molecule has 25 heavy (non-hydrogen) atoms. The third-order valence-electron chi connectivity index (χ3n) is 3.65. The highest BCUT2D eigenvalue weighted by molar-refractivity contribution is 5.79. The Bertz CT molecular complexity index is 656. The van der Waals surface area contributed by atoms with Crippen molar-refractivity contribution in [1.82, 2.24) is 10.6 Å². The highest BCUT2D eigenvalue weighted by Gasteiger charge is 2.00. The average Bonchev–Trinajstić information content (AvgIpc) is 2.64. The summed E-state index contributed by atoms with van der Waals surface area (Å²) in [7, 11) is 3.41. The molecule has 0 aromatic heterocycles. The number of guanidine groups is 1. The monoisotopic (exact) mass is 344 g/mol. The minimum atomic E-state index is -0.230. The molecule has 2 rings (SSSR count). The summed E-state index contributed by atoms with van der Waals surface area (Å²) in [5.74, 6) is 0.470. The highest BCUT2D eigenvalue weighted by Crippen LogP contribution is 2.09. The second kappa shape index (κ2) is 10.3. The summed E-state index contributed by atoms with van der Waals surface area (Å²) in [6, 6.07) is 14.6. The molecule has 0 radical (unpaired) electrons. The number of anilines is 1. The van der Waals surface area contributed by atoms with Crippen molar-refractivity contribution in [1.29, 1.82) is 0 Å². The van der Waals surface area contributed by atoms with E-state index in [1.54, 1.807) is 26.3 Å². The maximum atomic E-state index is 12.9. The number of rotatable bonds is 8. The molecule has 2 aromatic carbocycles. The SMILES string of the molecule is CN=C(NCc1ccc(F)cc1)NCc1ccc(NCCOC)cc1. The zero-order chi connectivity index (χ0) is 17.9. The smallest absolute Gasteiger partial charge is 0.191 e. The van der Waals surface area contributed by atoms with Crippen molar-refractivity contribution in [2.24, 2.45) is 4.99 Å². The van der Waals surface area contributed by atoms with Crippen LogP contribution < -0.4 is 16.0 Å². The molecule has 6 heteroatoms. The van der Waals surface area contributed by atoms with E-state index in [4.69, 9.17) is 4.74 Å². The number of nitrogens with one attached hydrogen (secondary N) is 3. The zero-order valence-electron chi connectivity index (χ0n) is 14.7. The molecular formula is C19H25FN4O. The number of aliphatic imine (C=N–C) groups is 1. The van der Waals surface area contributed by atoms with Crippen LogP contribution in [0.1, 0.15) is 11.1 Å². The van der Waals surface area contributed by atoms with Crippen LogP contribution >= 0.6 is 0 Å². The first-order valence-electron chi connectivity index (χ1n) is 8.22. The predicted molar refractivity (Wildman–Crippen MR) is 100 cm³/mol. The maximum absolute atomic E-state index is 12.9. The van der Waals surface area contributed by atoms with E-state index < -0.39 is 0 Å². The van der Waals surface area contributed by atoms with Gasteiger partial charge in [-0.05, 0) is 35.4 Å². The normalized spacial score (nSPS) is 11.2. The Morgan fingerprint density at radius 3 is 2.04 bits per heavy atom. The van der Waals surface area contributed by atoms with Gasteiger partial charge in [-0.1, -0.05) is 24.3 Å². The lowest BCUT2D eigenvalue weighted by Crippen LogP contribution is -2.36. The fraction of sp³-hybridized carbons (Fsp3) is 0.316. The van der Waals surface area contributed by atoms with Crippen molar-refractivity contribution in [2.45, 2.75) is 13.1 Å². The van der Waals surface area contributed by atoms with E-state index in [1.165, 1.54) is 12.1 Å². The van der Waals surface area contributed by atoms with E-state index in [-0.39, 0.29) is 5.82 Å². The van der Waals surface area contributed by atoms with E-state index in [2.05, 4.69) is 33.1 Å². The van der Waals surface area contributed by atoms with Gasteiger partial charge in [0.15, 0.2) is 5.96 Å². The lowest BCUT2D eigenvalue weighted by atomic mass is 10.2. The number of halogens is 1. The molecule has 0 unspecified atom stereocenters. The van der Waals surface area contributed by atoms with Gasteiger partial charge in [0.05, 0.1) is 6.61 Å². The Balaban J connectivity index is 1.77. The molecule has 0 heterocycles. The summed E-state index contributed by atoms with van der Waals surface area (Å²) in [6.07, 6.45) is 0. The van der Waals surface area contributed by atoms with Crippen molar-refractivity contribution in [3.8, 4) is 0 Å². The van der Waals surface area contributed by atoms with Crippen LogP contribution in [-0.4, -0.2) is 33.3 Å². The van der Waals surface area contributed by atoms with Gasteiger partial charge in [0.25, 0.3) is 0 Å². The second-order valence-corrected chi connectivity index (χ2v) is 5.52. The lowest BCUT2D eigenvalue weighted by molar-refractivity contribution is 0.211. The van der Waals surface area contributed by atoms with Crippen LogP contribution in [-0.2, 0) is 17.8 Å². The number of nitrogens with zero attached hydrogens (tertiary/aromatic N) is 1. The molecule has 0 aliphatic carbocycles. The van der Waals surface area contributed by atoms with Crippen molar-refractivity contribution < 1.29 is 9.13 Å². The van der Waals surface area contributed by atoms with E-state index in [9.17, 15) is 4.39 Å². The van der Waals surface area contributed by atoms with Gasteiger partial charge >= 0.3 is 0 Å². The van der Waals surface area contributed by atoms with E-state index in [1.807, 2.05) is 12.1 Å². The minimum absolute atomic E-state index is 0.230. The number of ether oxygens (including phenoxy) is 1. The second-order valence-electron chi connectivity index (χ2n) is 5.52. The lowest BCUT2D eigenvalue weighted by Gasteiger charge is -2.12. The van der Waals surface area contributed by atoms with Crippen LogP contribution in [0.5, 0.6) is 0 Å². The standard InChI is InChI=1S/C19H25FN4O/c1-21-19(23-13-15-3-7-17(20)8-4-15)24-14-16-5-9-18(10-6-16)22-11-12-25-2/h3-10,22H,11-14H2,1-2H3,(H2,21,23,24). The molecular weight excluding hydrogens is 319 g/mol. The molecule has 5 nitrogen and oxygen atoms in total. The van der Waals surface area contributed by atoms with Crippen LogP contribution in [0.2, 0.25) is 0 Å². The summed E-state index contributed by atoms with van der Waals surface area (Å²) in [5, 5.41) is 9.76. The van der Waals surface area contributed by atoms with Crippen LogP contribution in [0.3, 0.4) is 0 Å². The minimum Gasteiger partial charge on any atom is -0.383 e. The Morgan fingerprint density at radius 2 is 1.52 bits per heavy atom. The first kappa shape index (κ1) is 18.7. The summed E-state index contributed by atoms with van der Waals surface area (Å²) in [6.45, 7) is 2.72. The molecule has 0 aliphatic heterocycles. The zero-order valence-corrected chi connectivity index (χ0v) is 14.7. The van der Waals surface area contributed by atoms with E-state index in [0.29, 0.717) is 25.7 Å². The van der Waals surface area contributed by atoms with Gasteiger partial charge in [-0.15, -0.1) is 0 Å². The molecule has 0 amide bonds. The molecule has 0 atom stereocenters. The number of hydrogen-bond acceptors (Lipinski definition) is 3.